The van der Waals surface area contributed by atoms with Gasteiger partial charge in [-0.3, -0.25) is 0 Å². The Balaban J connectivity index is 1.92. The number of hydrogen-bond acceptors (Lipinski definition) is 2. The fraction of sp³-hybridized carbons (Fsp3) is 0.600. The topological polar surface area (TPSA) is 29.3 Å². The first-order valence-electron chi connectivity index (χ1n) is 6.85. The Morgan fingerprint density at radius 1 is 1.12 bits per heavy atom. The molecule has 1 unspecified atom stereocenters. The first kappa shape index (κ1) is 12.4. The first-order valence-corrected chi connectivity index (χ1v) is 6.85. The van der Waals surface area contributed by atoms with E-state index in [1.165, 1.54) is 43.6 Å². The van der Waals surface area contributed by atoms with Gasteiger partial charge in [-0.2, -0.15) is 0 Å². The zero-order chi connectivity index (χ0) is 12.1. The van der Waals surface area contributed by atoms with Crippen LogP contribution in [0, 0.1) is 0 Å². The smallest absolute Gasteiger partial charge is 0.0366 e. The molecule has 1 aromatic carbocycles. The summed E-state index contributed by atoms with van der Waals surface area (Å²) in [5.74, 6) is 0. The minimum Gasteiger partial charge on any atom is -0.372 e. The summed E-state index contributed by atoms with van der Waals surface area (Å²) in [7, 11) is 0. The molecule has 1 heterocycles. The normalized spacial score (nSPS) is 18.1. The van der Waals surface area contributed by atoms with Crippen LogP contribution in [0.2, 0.25) is 0 Å². The van der Waals surface area contributed by atoms with Crippen molar-refractivity contribution in [1.82, 2.24) is 0 Å². The molecule has 1 saturated heterocycles. The van der Waals surface area contributed by atoms with E-state index in [-0.39, 0.29) is 0 Å². The number of nitrogens with zero attached hydrogens (tertiary/aromatic N) is 1. The molecule has 0 amide bonds. The van der Waals surface area contributed by atoms with Gasteiger partial charge in [0.15, 0.2) is 0 Å². The lowest BCUT2D eigenvalue weighted by atomic mass is 10.1. The van der Waals surface area contributed by atoms with Crippen LogP contribution in [0.25, 0.3) is 0 Å². The standard InChI is InChI=1S/C15H24N2/c1-13(16)5-6-14-7-9-15(10-8-14)17-11-3-2-4-12-17/h7-10,13H,2-6,11-12,16H2,1H3. The summed E-state index contributed by atoms with van der Waals surface area (Å²) >= 11 is 0. The predicted molar refractivity (Wildman–Crippen MR) is 74.5 cm³/mol. The summed E-state index contributed by atoms with van der Waals surface area (Å²) in [5, 5.41) is 0. The van der Waals surface area contributed by atoms with Crippen LogP contribution >= 0.6 is 0 Å². The molecule has 0 aliphatic carbocycles. The minimum atomic E-state index is 0.303. The molecular weight excluding hydrogens is 208 g/mol. The Hall–Kier alpha value is -1.02. The number of anilines is 1. The maximum Gasteiger partial charge on any atom is 0.0366 e. The van der Waals surface area contributed by atoms with Gasteiger partial charge in [0, 0.05) is 24.8 Å². The second-order valence-corrected chi connectivity index (χ2v) is 5.23. The van der Waals surface area contributed by atoms with E-state index in [0.717, 1.165) is 12.8 Å². The number of nitrogens with two attached hydrogens (primary N) is 1. The van der Waals surface area contributed by atoms with Gasteiger partial charge < -0.3 is 10.6 Å². The van der Waals surface area contributed by atoms with Crippen molar-refractivity contribution in [2.45, 2.75) is 45.1 Å². The summed E-state index contributed by atoms with van der Waals surface area (Å²) in [5.41, 5.74) is 8.57. The van der Waals surface area contributed by atoms with Crippen LogP contribution in [-0.2, 0) is 6.42 Å². The number of aryl methyl sites for hydroxylation is 1. The summed E-state index contributed by atoms with van der Waals surface area (Å²) in [6.45, 7) is 4.51. The molecule has 1 atom stereocenters. The van der Waals surface area contributed by atoms with Crippen molar-refractivity contribution in [3.05, 3.63) is 29.8 Å². The molecule has 2 rings (SSSR count). The lowest BCUT2D eigenvalue weighted by molar-refractivity contribution is 0.578. The molecule has 0 bridgehead atoms. The van der Waals surface area contributed by atoms with Gasteiger partial charge in [0.25, 0.3) is 0 Å². The third-order valence-corrected chi connectivity index (χ3v) is 3.55. The second kappa shape index (κ2) is 6.06. The molecule has 2 nitrogen and oxygen atoms in total. The highest BCUT2D eigenvalue weighted by atomic mass is 15.1. The van der Waals surface area contributed by atoms with Gasteiger partial charge in [-0.1, -0.05) is 12.1 Å². The third-order valence-electron chi connectivity index (χ3n) is 3.55. The molecule has 0 saturated carbocycles. The zero-order valence-corrected chi connectivity index (χ0v) is 10.9. The molecule has 0 spiro atoms. The van der Waals surface area contributed by atoms with Crippen LogP contribution in [0.15, 0.2) is 24.3 Å². The van der Waals surface area contributed by atoms with Crippen molar-refractivity contribution in [2.75, 3.05) is 18.0 Å². The van der Waals surface area contributed by atoms with Gasteiger partial charge in [-0.25, -0.2) is 0 Å². The number of rotatable bonds is 4. The average molecular weight is 232 g/mol. The molecule has 0 aromatic heterocycles. The Kier molecular flexibility index (Phi) is 4.43. The first-order chi connectivity index (χ1) is 8.25. The molecule has 2 N–H and O–H groups in total. The Labute approximate surface area is 105 Å². The predicted octanol–water partition coefficient (Wildman–Crippen LogP) is 2.96. The SMILES string of the molecule is CC(N)CCc1ccc(N2CCCCC2)cc1. The van der Waals surface area contributed by atoms with Crippen molar-refractivity contribution in [1.29, 1.82) is 0 Å². The van der Waals surface area contributed by atoms with Crippen LogP contribution < -0.4 is 10.6 Å². The van der Waals surface area contributed by atoms with Gasteiger partial charge in [-0.05, 0) is 56.7 Å². The van der Waals surface area contributed by atoms with E-state index in [2.05, 4.69) is 36.1 Å². The monoisotopic (exact) mass is 232 g/mol. The van der Waals surface area contributed by atoms with Gasteiger partial charge in [0.2, 0.25) is 0 Å². The molecule has 1 aromatic rings. The van der Waals surface area contributed by atoms with Crippen LogP contribution in [0.5, 0.6) is 0 Å². The molecule has 1 fully saturated rings. The maximum absolute atomic E-state index is 5.78. The number of benzene rings is 1. The maximum atomic E-state index is 5.78. The van der Waals surface area contributed by atoms with Gasteiger partial charge in [0.1, 0.15) is 0 Å². The van der Waals surface area contributed by atoms with Crippen molar-refractivity contribution in [2.24, 2.45) is 5.73 Å². The molecule has 1 aliphatic rings. The Morgan fingerprint density at radius 3 is 2.35 bits per heavy atom. The molecule has 94 valence electrons. The highest BCUT2D eigenvalue weighted by Crippen LogP contribution is 2.20. The van der Waals surface area contributed by atoms with Crippen LogP contribution in [-0.4, -0.2) is 19.1 Å². The third kappa shape index (κ3) is 3.74. The summed E-state index contributed by atoms with van der Waals surface area (Å²) < 4.78 is 0. The largest absolute Gasteiger partial charge is 0.372 e. The lowest BCUT2D eigenvalue weighted by Gasteiger charge is -2.28. The van der Waals surface area contributed by atoms with E-state index in [9.17, 15) is 0 Å². The van der Waals surface area contributed by atoms with Crippen molar-refractivity contribution in [3.8, 4) is 0 Å². The summed E-state index contributed by atoms with van der Waals surface area (Å²) in [6, 6.07) is 9.35. The van der Waals surface area contributed by atoms with E-state index in [0.29, 0.717) is 6.04 Å². The minimum absolute atomic E-state index is 0.303. The fourth-order valence-corrected chi connectivity index (χ4v) is 2.42. The summed E-state index contributed by atoms with van der Waals surface area (Å²) in [6.07, 6.45) is 6.24. The zero-order valence-electron chi connectivity index (χ0n) is 10.9. The summed E-state index contributed by atoms with van der Waals surface area (Å²) in [4.78, 5) is 2.50. The molecule has 0 radical (unpaired) electrons. The van der Waals surface area contributed by atoms with Gasteiger partial charge in [0.05, 0.1) is 0 Å². The lowest BCUT2D eigenvalue weighted by Crippen LogP contribution is -2.29. The molecule has 17 heavy (non-hydrogen) atoms. The van der Waals surface area contributed by atoms with Crippen molar-refractivity contribution < 1.29 is 0 Å². The molecular formula is C15H24N2. The van der Waals surface area contributed by atoms with E-state index in [1.54, 1.807) is 0 Å². The van der Waals surface area contributed by atoms with E-state index < -0.39 is 0 Å². The van der Waals surface area contributed by atoms with Crippen molar-refractivity contribution >= 4 is 5.69 Å². The van der Waals surface area contributed by atoms with E-state index >= 15 is 0 Å². The Bertz CT molecular complexity index is 323. The second-order valence-electron chi connectivity index (χ2n) is 5.23. The van der Waals surface area contributed by atoms with E-state index in [4.69, 9.17) is 5.73 Å². The van der Waals surface area contributed by atoms with Gasteiger partial charge in [-0.15, -0.1) is 0 Å². The average Bonchev–Trinajstić information content (AvgIpc) is 2.38. The van der Waals surface area contributed by atoms with Crippen molar-refractivity contribution in [3.63, 3.8) is 0 Å². The highest BCUT2D eigenvalue weighted by Gasteiger charge is 2.10. The van der Waals surface area contributed by atoms with Crippen LogP contribution in [0.4, 0.5) is 5.69 Å². The van der Waals surface area contributed by atoms with Crippen LogP contribution in [0.3, 0.4) is 0 Å². The van der Waals surface area contributed by atoms with E-state index in [1.807, 2.05) is 0 Å². The quantitative estimate of drug-likeness (QED) is 0.865. The fourth-order valence-electron chi connectivity index (χ4n) is 2.42. The highest BCUT2D eigenvalue weighted by molar-refractivity contribution is 5.47. The molecule has 1 aliphatic heterocycles. The Morgan fingerprint density at radius 2 is 1.76 bits per heavy atom. The van der Waals surface area contributed by atoms with Gasteiger partial charge >= 0.3 is 0 Å². The number of hydrogen-bond donors (Lipinski definition) is 1. The van der Waals surface area contributed by atoms with Crippen LogP contribution in [0.1, 0.15) is 38.2 Å². The number of piperidine rings is 1. The molecule has 2 heteroatoms.